The highest BCUT2D eigenvalue weighted by molar-refractivity contribution is 5.91. The van der Waals surface area contributed by atoms with Crippen LogP contribution in [0.4, 0.5) is 0 Å². The van der Waals surface area contributed by atoms with Crippen LogP contribution in [-0.2, 0) is 19.1 Å². The predicted molar refractivity (Wildman–Crippen MR) is 137 cm³/mol. The van der Waals surface area contributed by atoms with Gasteiger partial charge in [0.1, 0.15) is 6.04 Å². The second-order valence-corrected chi connectivity index (χ2v) is 11.5. The second kappa shape index (κ2) is 13.3. The van der Waals surface area contributed by atoms with Crippen LogP contribution in [0.3, 0.4) is 0 Å². The maximum Gasteiger partial charge on any atom is 0.333 e. The molecule has 7 nitrogen and oxygen atoms in total. The molecule has 1 fully saturated rings. The number of rotatable bonds is 10. The number of carbonyl (C=O) groups excluding carboxylic acids is 3. The zero-order valence-electron chi connectivity index (χ0n) is 23.2. The Kier molecular flexibility index (Phi) is 11.8. The molecule has 34 heavy (non-hydrogen) atoms. The lowest BCUT2D eigenvalue weighted by Crippen LogP contribution is -2.60. The predicted octanol–water partition coefficient (Wildman–Crippen LogP) is 4.02. The molecule has 0 unspecified atom stereocenters. The van der Waals surface area contributed by atoms with Crippen molar-refractivity contribution in [2.24, 2.45) is 17.3 Å². The summed E-state index contributed by atoms with van der Waals surface area (Å²) in [6, 6.07) is -1.18. The first-order chi connectivity index (χ1) is 15.7. The van der Waals surface area contributed by atoms with Gasteiger partial charge in [-0.25, -0.2) is 4.79 Å². The minimum absolute atomic E-state index is 0.0682. The van der Waals surface area contributed by atoms with Gasteiger partial charge in [0.15, 0.2) is 0 Å². The number of likely N-dealkylation sites (N-methyl/N-ethyl adjacent to an activating group) is 1. The van der Waals surface area contributed by atoms with Gasteiger partial charge in [-0.05, 0) is 50.5 Å². The molecule has 0 aliphatic carbocycles. The van der Waals surface area contributed by atoms with Crippen LogP contribution >= 0.6 is 0 Å². The third-order valence-electron chi connectivity index (χ3n) is 6.41. The molecular formula is C27H49N3O4. The summed E-state index contributed by atoms with van der Waals surface area (Å²) in [5, 5.41) is 3.12. The molecule has 0 radical (unpaired) electrons. The highest BCUT2D eigenvalue weighted by atomic mass is 16.5. The van der Waals surface area contributed by atoms with Gasteiger partial charge in [0.05, 0.1) is 18.7 Å². The Morgan fingerprint density at radius 3 is 2.26 bits per heavy atom. The number of ether oxygens (including phenoxy) is 1. The lowest BCUT2D eigenvalue weighted by molar-refractivity contribution is -0.142. The van der Waals surface area contributed by atoms with E-state index in [-0.39, 0.29) is 35.8 Å². The molecule has 0 saturated carbocycles. The third-order valence-corrected chi connectivity index (χ3v) is 6.41. The molecule has 3 atom stereocenters. The number of carbonyl (C=O) groups is 3. The minimum atomic E-state index is -0.676. The molecule has 0 aromatic rings. The first-order valence-electron chi connectivity index (χ1n) is 12.9. The molecule has 196 valence electrons. The number of esters is 1. The Morgan fingerprint density at radius 2 is 1.76 bits per heavy atom. The number of hydrogen-bond acceptors (Lipinski definition) is 5. The molecule has 0 bridgehead atoms. The summed E-state index contributed by atoms with van der Waals surface area (Å²) in [6.07, 6.45) is 4.74. The standard InChI is InChI=1S/C27H49N3O4/c1-11-34-26(33)20(6)16-22(19(4)5)29(10)25(32)23(27(7,8)9)28-24(31)21-14-12-13-15-30(21)17-18(2)3/h16,18-19,21-23H,11-15,17H2,1-10H3,(H,28,31)/t21-,22-,23-/m1/s1. The first-order valence-corrected chi connectivity index (χ1v) is 12.9. The van der Waals surface area contributed by atoms with Crippen LogP contribution < -0.4 is 5.32 Å². The molecular weight excluding hydrogens is 430 g/mol. The van der Waals surface area contributed by atoms with E-state index in [1.807, 2.05) is 34.6 Å². The van der Waals surface area contributed by atoms with E-state index in [0.717, 1.165) is 32.4 Å². The second-order valence-electron chi connectivity index (χ2n) is 11.5. The van der Waals surface area contributed by atoms with Gasteiger partial charge in [-0.3, -0.25) is 14.5 Å². The fourth-order valence-corrected chi connectivity index (χ4v) is 4.53. The van der Waals surface area contributed by atoms with E-state index in [1.165, 1.54) is 0 Å². The summed E-state index contributed by atoms with van der Waals surface area (Å²) in [5.74, 6) is -0.0485. The molecule has 1 heterocycles. The summed E-state index contributed by atoms with van der Waals surface area (Å²) in [5.41, 5.74) is 0.00283. The van der Waals surface area contributed by atoms with Crippen molar-refractivity contribution < 1.29 is 19.1 Å². The lowest BCUT2D eigenvalue weighted by atomic mass is 9.84. The molecule has 1 saturated heterocycles. The Bertz CT molecular complexity index is 724. The summed E-state index contributed by atoms with van der Waals surface area (Å²) in [4.78, 5) is 43.2. The Balaban J connectivity index is 3.14. The molecule has 0 spiro atoms. The minimum Gasteiger partial charge on any atom is -0.463 e. The van der Waals surface area contributed by atoms with Crippen LogP contribution in [0.25, 0.3) is 0 Å². The molecule has 1 rings (SSSR count). The van der Waals surface area contributed by atoms with Crippen molar-refractivity contribution in [2.45, 2.75) is 99.7 Å². The van der Waals surface area contributed by atoms with E-state index in [0.29, 0.717) is 18.1 Å². The third kappa shape index (κ3) is 8.71. The van der Waals surface area contributed by atoms with Crippen molar-refractivity contribution in [3.05, 3.63) is 11.6 Å². The zero-order chi connectivity index (χ0) is 26.2. The van der Waals surface area contributed by atoms with Crippen molar-refractivity contribution in [3.8, 4) is 0 Å². The highest BCUT2D eigenvalue weighted by Crippen LogP contribution is 2.25. The van der Waals surface area contributed by atoms with Crippen LogP contribution in [0, 0.1) is 17.3 Å². The largest absolute Gasteiger partial charge is 0.463 e. The molecule has 1 N–H and O–H groups in total. The molecule has 7 heteroatoms. The normalized spacial score (nSPS) is 19.6. The van der Waals surface area contributed by atoms with E-state index in [1.54, 1.807) is 31.9 Å². The smallest absolute Gasteiger partial charge is 0.333 e. The lowest BCUT2D eigenvalue weighted by Gasteiger charge is -2.40. The van der Waals surface area contributed by atoms with Crippen LogP contribution in [-0.4, -0.2) is 72.5 Å². The molecule has 0 aromatic carbocycles. The van der Waals surface area contributed by atoms with Gasteiger partial charge in [0.25, 0.3) is 0 Å². The summed E-state index contributed by atoms with van der Waals surface area (Å²) in [6.45, 7) is 19.8. The zero-order valence-corrected chi connectivity index (χ0v) is 23.2. The Hall–Kier alpha value is -1.89. The molecule has 1 aliphatic heterocycles. The van der Waals surface area contributed by atoms with Gasteiger partial charge >= 0.3 is 5.97 Å². The van der Waals surface area contributed by atoms with Crippen LogP contribution in [0.1, 0.15) is 81.6 Å². The molecule has 2 amide bonds. The first kappa shape index (κ1) is 30.1. The number of piperidine rings is 1. The van der Waals surface area contributed by atoms with E-state index in [2.05, 4.69) is 24.1 Å². The van der Waals surface area contributed by atoms with Crippen molar-refractivity contribution in [2.75, 3.05) is 26.7 Å². The monoisotopic (exact) mass is 479 g/mol. The summed E-state index contributed by atoms with van der Waals surface area (Å²) >= 11 is 0. The average Bonchev–Trinajstić information content (AvgIpc) is 2.73. The SMILES string of the molecule is CCOC(=O)C(C)=C[C@H](C(C)C)N(C)C(=O)[C@@H](NC(=O)[C@H]1CCCCN1CC(C)C)C(C)(C)C. The summed E-state index contributed by atoms with van der Waals surface area (Å²) < 4.78 is 5.11. The number of hydrogen-bond donors (Lipinski definition) is 1. The fraction of sp³-hybridized carbons (Fsp3) is 0.815. The number of likely N-dealkylation sites (tertiary alicyclic amines) is 1. The van der Waals surface area contributed by atoms with Gasteiger partial charge in [-0.1, -0.05) is 61.0 Å². The quantitative estimate of drug-likeness (QED) is 0.378. The van der Waals surface area contributed by atoms with Gasteiger partial charge in [0, 0.05) is 19.2 Å². The van der Waals surface area contributed by atoms with E-state index >= 15 is 0 Å². The Labute approximate surface area is 207 Å². The number of amides is 2. The topological polar surface area (TPSA) is 79.0 Å². The summed E-state index contributed by atoms with van der Waals surface area (Å²) in [7, 11) is 1.75. The van der Waals surface area contributed by atoms with E-state index < -0.39 is 11.5 Å². The van der Waals surface area contributed by atoms with Gasteiger partial charge < -0.3 is 15.0 Å². The fourth-order valence-electron chi connectivity index (χ4n) is 4.53. The maximum atomic E-state index is 13.7. The molecule has 0 aromatic heterocycles. The maximum absolute atomic E-state index is 13.7. The number of nitrogens with one attached hydrogen (secondary N) is 1. The van der Waals surface area contributed by atoms with Gasteiger partial charge in [0.2, 0.25) is 11.8 Å². The number of nitrogens with zero attached hydrogens (tertiary/aromatic N) is 2. The van der Waals surface area contributed by atoms with Crippen molar-refractivity contribution >= 4 is 17.8 Å². The Morgan fingerprint density at radius 1 is 1.15 bits per heavy atom. The van der Waals surface area contributed by atoms with Crippen molar-refractivity contribution in [1.29, 1.82) is 0 Å². The van der Waals surface area contributed by atoms with Crippen LogP contribution in [0.15, 0.2) is 11.6 Å². The van der Waals surface area contributed by atoms with Crippen molar-refractivity contribution in [1.82, 2.24) is 15.1 Å². The van der Waals surface area contributed by atoms with Crippen LogP contribution in [0.2, 0.25) is 0 Å². The highest BCUT2D eigenvalue weighted by Gasteiger charge is 2.39. The van der Waals surface area contributed by atoms with E-state index in [4.69, 9.17) is 4.74 Å². The van der Waals surface area contributed by atoms with E-state index in [9.17, 15) is 14.4 Å². The molecule has 1 aliphatic rings. The van der Waals surface area contributed by atoms with Gasteiger partial charge in [-0.15, -0.1) is 0 Å². The average molecular weight is 480 g/mol. The van der Waals surface area contributed by atoms with Crippen LogP contribution in [0.5, 0.6) is 0 Å². The van der Waals surface area contributed by atoms with Crippen molar-refractivity contribution in [3.63, 3.8) is 0 Å². The van der Waals surface area contributed by atoms with Gasteiger partial charge in [-0.2, -0.15) is 0 Å².